The molecule has 0 radical (unpaired) electrons. The molecule has 1 heterocycles. The summed E-state index contributed by atoms with van der Waals surface area (Å²) in [6.45, 7) is 4.25. The molecule has 0 saturated heterocycles. The Bertz CT molecular complexity index is 308. The first-order valence-electron chi connectivity index (χ1n) is 5.75. The molecular formula is C12H20N2S. The van der Waals surface area contributed by atoms with Gasteiger partial charge in [0.15, 0.2) is 0 Å². The molecule has 1 aliphatic carbocycles. The van der Waals surface area contributed by atoms with Gasteiger partial charge < -0.3 is 11.1 Å². The first-order chi connectivity index (χ1) is 7.27. The van der Waals surface area contributed by atoms with Gasteiger partial charge in [-0.3, -0.25) is 0 Å². The molecule has 3 N–H and O–H groups in total. The van der Waals surface area contributed by atoms with E-state index in [-0.39, 0.29) is 0 Å². The SMILES string of the molecule is Cc1cscc1CNCC1CCCC1N. The Labute approximate surface area is 95.9 Å². The zero-order valence-electron chi connectivity index (χ0n) is 9.33. The van der Waals surface area contributed by atoms with Gasteiger partial charge in [0.25, 0.3) is 0 Å². The fraction of sp³-hybridized carbons (Fsp3) is 0.667. The highest BCUT2D eigenvalue weighted by atomic mass is 32.1. The second-order valence-electron chi connectivity index (χ2n) is 4.57. The molecule has 1 fully saturated rings. The molecule has 1 aromatic heterocycles. The Morgan fingerprint density at radius 1 is 1.47 bits per heavy atom. The smallest absolute Gasteiger partial charge is 0.0216 e. The van der Waals surface area contributed by atoms with Crippen molar-refractivity contribution in [3.05, 3.63) is 21.9 Å². The van der Waals surface area contributed by atoms with Crippen LogP contribution in [0.2, 0.25) is 0 Å². The van der Waals surface area contributed by atoms with E-state index < -0.39 is 0 Å². The van der Waals surface area contributed by atoms with Crippen LogP contribution in [0, 0.1) is 12.8 Å². The molecule has 0 aliphatic heterocycles. The summed E-state index contributed by atoms with van der Waals surface area (Å²) in [5.74, 6) is 0.698. The minimum atomic E-state index is 0.432. The summed E-state index contributed by atoms with van der Waals surface area (Å²) in [4.78, 5) is 0. The van der Waals surface area contributed by atoms with E-state index in [2.05, 4.69) is 23.0 Å². The minimum Gasteiger partial charge on any atom is -0.327 e. The van der Waals surface area contributed by atoms with E-state index in [1.54, 1.807) is 11.3 Å². The van der Waals surface area contributed by atoms with Crippen LogP contribution in [0.1, 0.15) is 30.4 Å². The molecule has 1 aromatic rings. The highest BCUT2D eigenvalue weighted by Crippen LogP contribution is 2.23. The topological polar surface area (TPSA) is 38.0 Å². The molecule has 1 aliphatic rings. The van der Waals surface area contributed by atoms with Crippen molar-refractivity contribution in [1.29, 1.82) is 0 Å². The maximum absolute atomic E-state index is 6.03. The highest BCUT2D eigenvalue weighted by molar-refractivity contribution is 7.08. The Morgan fingerprint density at radius 2 is 2.33 bits per heavy atom. The molecule has 2 rings (SSSR count). The Kier molecular flexibility index (Phi) is 3.78. The molecule has 3 heteroatoms. The van der Waals surface area contributed by atoms with Gasteiger partial charge in [0.05, 0.1) is 0 Å². The molecule has 0 amide bonds. The van der Waals surface area contributed by atoms with Gasteiger partial charge in [-0.2, -0.15) is 11.3 Å². The molecule has 0 spiro atoms. The first kappa shape index (κ1) is 11.1. The molecule has 2 unspecified atom stereocenters. The largest absolute Gasteiger partial charge is 0.327 e. The lowest BCUT2D eigenvalue weighted by Gasteiger charge is -2.15. The van der Waals surface area contributed by atoms with Crippen LogP contribution in [-0.2, 0) is 6.54 Å². The maximum Gasteiger partial charge on any atom is 0.0216 e. The zero-order chi connectivity index (χ0) is 10.7. The number of thiophene rings is 1. The predicted molar refractivity (Wildman–Crippen MR) is 66.1 cm³/mol. The summed E-state index contributed by atoms with van der Waals surface area (Å²) in [6, 6.07) is 0.432. The number of hydrogen-bond acceptors (Lipinski definition) is 3. The van der Waals surface area contributed by atoms with Gasteiger partial charge in [0.1, 0.15) is 0 Å². The van der Waals surface area contributed by atoms with E-state index in [1.807, 2.05) is 0 Å². The van der Waals surface area contributed by atoms with Crippen molar-refractivity contribution < 1.29 is 0 Å². The molecule has 2 nitrogen and oxygen atoms in total. The number of nitrogens with two attached hydrogens (primary N) is 1. The molecule has 0 bridgehead atoms. The molecule has 1 saturated carbocycles. The van der Waals surface area contributed by atoms with Crippen LogP contribution in [0.25, 0.3) is 0 Å². The third-order valence-electron chi connectivity index (χ3n) is 3.40. The summed E-state index contributed by atoms with van der Waals surface area (Å²) >= 11 is 1.78. The van der Waals surface area contributed by atoms with Crippen molar-refractivity contribution in [3.8, 4) is 0 Å². The summed E-state index contributed by atoms with van der Waals surface area (Å²) in [6.07, 6.45) is 3.83. The monoisotopic (exact) mass is 224 g/mol. The van der Waals surface area contributed by atoms with Crippen molar-refractivity contribution in [2.75, 3.05) is 6.54 Å². The summed E-state index contributed by atoms with van der Waals surface area (Å²) in [5, 5.41) is 7.97. The van der Waals surface area contributed by atoms with Crippen LogP contribution in [0.5, 0.6) is 0 Å². The number of aryl methyl sites for hydroxylation is 1. The van der Waals surface area contributed by atoms with Gasteiger partial charge in [0.2, 0.25) is 0 Å². The summed E-state index contributed by atoms with van der Waals surface area (Å²) < 4.78 is 0. The highest BCUT2D eigenvalue weighted by Gasteiger charge is 2.22. The van der Waals surface area contributed by atoms with Crippen LogP contribution in [0.3, 0.4) is 0 Å². The Hall–Kier alpha value is -0.380. The Balaban J connectivity index is 1.73. The van der Waals surface area contributed by atoms with Crippen molar-refractivity contribution >= 4 is 11.3 Å². The van der Waals surface area contributed by atoms with Crippen molar-refractivity contribution in [2.24, 2.45) is 11.7 Å². The number of nitrogens with one attached hydrogen (secondary N) is 1. The summed E-state index contributed by atoms with van der Waals surface area (Å²) in [7, 11) is 0. The standard InChI is InChI=1S/C12H20N2S/c1-9-7-15-8-11(9)6-14-5-10-3-2-4-12(10)13/h7-8,10,12,14H,2-6,13H2,1H3. The lowest BCUT2D eigenvalue weighted by Crippen LogP contribution is -2.32. The predicted octanol–water partition coefficient (Wildman–Crippen LogP) is 2.27. The fourth-order valence-corrected chi connectivity index (χ4v) is 3.14. The average Bonchev–Trinajstić information content (AvgIpc) is 2.78. The third kappa shape index (κ3) is 2.80. The van der Waals surface area contributed by atoms with Crippen LogP contribution in [0.15, 0.2) is 10.8 Å². The fourth-order valence-electron chi connectivity index (χ4n) is 2.28. The van der Waals surface area contributed by atoms with E-state index in [0.717, 1.165) is 13.1 Å². The third-order valence-corrected chi connectivity index (χ3v) is 4.31. The average molecular weight is 224 g/mol. The number of rotatable bonds is 4. The Morgan fingerprint density at radius 3 is 2.93 bits per heavy atom. The van der Waals surface area contributed by atoms with Crippen LogP contribution in [-0.4, -0.2) is 12.6 Å². The second kappa shape index (κ2) is 5.10. The maximum atomic E-state index is 6.03. The van der Waals surface area contributed by atoms with Gasteiger partial charge in [-0.1, -0.05) is 6.42 Å². The van der Waals surface area contributed by atoms with E-state index in [1.165, 1.54) is 30.4 Å². The zero-order valence-corrected chi connectivity index (χ0v) is 10.1. The quantitative estimate of drug-likeness (QED) is 0.823. The van der Waals surface area contributed by atoms with Gasteiger partial charge in [0, 0.05) is 12.6 Å². The lowest BCUT2D eigenvalue weighted by atomic mass is 10.0. The van der Waals surface area contributed by atoms with Crippen LogP contribution >= 0.6 is 11.3 Å². The molecule has 2 atom stereocenters. The van der Waals surface area contributed by atoms with E-state index in [9.17, 15) is 0 Å². The van der Waals surface area contributed by atoms with Gasteiger partial charge in [-0.15, -0.1) is 0 Å². The van der Waals surface area contributed by atoms with Crippen LogP contribution < -0.4 is 11.1 Å². The van der Waals surface area contributed by atoms with Gasteiger partial charge >= 0.3 is 0 Å². The van der Waals surface area contributed by atoms with Gasteiger partial charge in [-0.25, -0.2) is 0 Å². The second-order valence-corrected chi connectivity index (χ2v) is 5.31. The molecular weight excluding hydrogens is 204 g/mol. The van der Waals surface area contributed by atoms with Crippen molar-refractivity contribution in [1.82, 2.24) is 5.32 Å². The van der Waals surface area contributed by atoms with E-state index >= 15 is 0 Å². The number of hydrogen-bond donors (Lipinski definition) is 2. The van der Waals surface area contributed by atoms with Crippen molar-refractivity contribution in [3.63, 3.8) is 0 Å². The first-order valence-corrected chi connectivity index (χ1v) is 6.69. The van der Waals surface area contributed by atoms with Gasteiger partial charge in [-0.05, 0) is 54.1 Å². The molecule has 15 heavy (non-hydrogen) atoms. The van der Waals surface area contributed by atoms with Crippen LogP contribution in [0.4, 0.5) is 0 Å². The normalized spacial score (nSPS) is 26.0. The lowest BCUT2D eigenvalue weighted by molar-refractivity contribution is 0.442. The molecule has 84 valence electrons. The summed E-state index contributed by atoms with van der Waals surface area (Å²) in [5.41, 5.74) is 8.87. The minimum absolute atomic E-state index is 0.432. The van der Waals surface area contributed by atoms with E-state index in [0.29, 0.717) is 12.0 Å². The van der Waals surface area contributed by atoms with Crippen molar-refractivity contribution in [2.45, 2.75) is 38.8 Å². The molecule has 0 aromatic carbocycles. The van der Waals surface area contributed by atoms with E-state index in [4.69, 9.17) is 5.73 Å².